The van der Waals surface area contributed by atoms with Gasteiger partial charge in [0.2, 0.25) is 0 Å². The fourth-order valence-electron chi connectivity index (χ4n) is 1.93. The summed E-state index contributed by atoms with van der Waals surface area (Å²) in [5.74, 6) is 1.19. The summed E-state index contributed by atoms with van der Waals surface area (Å²) in [5, 5.41) is 14.2. The number of rotatable bonds is 8. The molecule has 9 nitrogen and oxygen atoms in total. The highest BCUT2D eigenvalue weighted by molar-refractivity contribution is 7.33. The van der Waals surface area contributed by atoms with Crippen LogP contribution in [-0.4, -0.2) is 24.0 Å². The molecule has 0 aliphatic heterocycles. The molecule has 0 aliphatic carbocycles. The van der Waals surface area contributed by atoms with Crippen molar-refractivity contribution < 1.29 is 28.4 Å². The summed E-state index contributed by atoms with van der Waals surface area (Å²) in [6.07, 6.45) is 0. The summed E-state index contributed by atoms with van der Waals surface area (Å²) in [6.45, 7) is 0.252. The van der Waals surface area contributed by atoms with E-state index in [4.69, 9.17) is 14.4 Å². The Balaban J connectivity index is 2.20. The minimum atomic E-state index is -3.22. The van der Waals surface area contributed by atoms with E-state index in [1.165, 1.54) is 14.2 Å². The molecule has 0 spiro atoms. The third-order valence-corrected chi connectivity index (χ3v) is 4.51. The second-order valence-corrected chi connectivity index (χ2v) is 6.19. The highest BCUT2D eigenvalue weighted by Gasteiger charge is 2.21. The van der Waals surface area contributed by atoms with Gasteiger partial charge in [0.1, 0.15) is 11.5 Å². The Bertz CT molecular complexity index is 765. The second-order valence-electron chi connectivity index (χ2n) is 4.44. The van der Waals surface area contributed by atoms with E-state index in [0.29, 0.717) is 11.5 Å². The van der Waals surface area contributed by atoms with Gasteiger partial charge in [0.25, 0.3) is 0 Å². The van der Waals surface area contributed by atoms with Crippen LogP contribution in [0.2, 0.25) is 0 Å². The molecule has 0 amide bonds. The van der Waals surface area contributed by atoms with Gasteiger partial charge in [0.05, 0.1) is 25.2 Å². The fourth-order valence-corrected chi connectivity index (χ4v) is 3.30. The number of nitrogens with zero attached hydrogens (tertiary/aromatic N) is 1. The maximum Gasteiger partial charge on any atom is 0.365 e. The number of benzene rings is 1. The number of methoxy groups -OCH3 is 2. The number of nitro groups is 1. The lowest BCUT2D eigenvalue weighted by molar-refractivity contribution is -0.383. The minimum Gasteiger partial charge on any atom is -0.497 e. The molecule has 2 aromatic rings. The molecule has 11 heteroatoms. The van der Waals surface area contributed by atoms with E-state index in [1.807, 2.05) is 0 Å². The van der Waals surface area contributed by atoms with Gasteiger partial charge in [-0.3, -0.25) is 10.1 Å². The molecule has 1 heterocycles. The van der Waals surface area contributed by atoms with Gasteiger partial charge >= 0.3 is 13.9 Å². The van der Waals surface area contributed by atoms with Crippen LogP contribution in [0, 0.1) is 10.1 Å². The zero-order chi connectivity index (χ0) is 17.7. The maximum atomic E-state index is 11.1. The predicted molar refractivity (Wildman–Crippen MR) is 89.7 cm³/mol. The van der Waals surface area contributed by atoms with E-state index in [0.717, 1.165) is 23.0 Å². The van der Waals surface area contributed by atoms with Crippen LogP contribution in [0.4, 0.5) is 10.7 Å². The van der Waals surface area contributed by atoms with Crippen molar-refractivity contribution in [2.24, 2.45) is 0 Å². The highest BCUT2D eigenvalue weighted by Crippen LogP contribution is 2.42. The van der Waals surface area contributed by atoms with Crippen LogP contribution in [0.5, 0.6) is 16.6 Å². The summed E-state index contributed by atoms with van der Waals surface area (Å²) >= 11 is 0.881. The van der Waals surface area contributed by atoms with E-state index >= 15 is 0 Å². The molecule has 1 unspecified atom stereocenters. The molecule has 0 fully saturated rings. The van der Waals surface area contributed by atoms with Gasteiger partial charge < -0.3 is 24.2 Å². The second kappa shape index (κ2) is 8.00. The Hall–Kier alpha value is -2.29. The average molecular weight is 374 g/mol. The molecule has 2 rings (SSSR count). The topological polar surface area (TPSA) is 120 Å². The molecule has 1 atom stereocenters. The van der Waals surface area contributed by atoms with Gasteiger partial charge in [-0.25, -0.2) is 4.57 Å². The van der Waals surface area contributed by atoms with E-state index in [1.54, 1.807) is 18.2 Å². The smallest absolute Gasteiger partial charge is 0.365 e. The summed E-state index contributed by atoms with van der Waals surface area (Å²) in [4.78, 5) is 19.3. The van der Waals surface area contributed by atoms with Gasteiger partial charge in [0.15, 0.2) is 10.1 Å². The van der Waals surface area contributed by atoms with Gasteiger partial charge in [0, 0.05) is 18.2 Å². The van der Waals surface area contributed by atoms with Crippen molar-refractivity contribution in [1.82, 2.24) is 0 Å². The summed E-state index contributed by atoms with van der Waals surface area (Å²) in [7, 11) is -0.175. The first-order valence-corrected chi connectivity index (χ1v) is 8.66. The molecular weight excluding hydrogens is 359 g/mol. The summed E-state index contributed by atoms with van der Waals surface area (Å²) in [6, 6.07) is 6.33. The Kier molecular flexibility index (Phi) is 6.02. The summed E-state index contributed by atoms with van der Waals surface area (Å²) < 4.78 is 25.8. The lowest BCUT2D eigenvalue weighted by atomic mass is 10.2. The van der Waals surface area contributed by atoms with Crippen molar-refractivity contribution >= 4 is 30.3 Å². The molecular formula is C13H15N2O7PS. The Labute approximate surface area is 141 Å². The normalized spacial score (nSPS) is 11.6. The SMILES string of the molecule is COc1ccc(CNc2sc(O[PH](=O)O)cc2[N+](=O)[O-])c(OC)c1. The van der Waals surface area contributed by atoms with Crippen molar-refractivity contribution in [1.29, 1.82) is 0 Å². The van der Waals surface area contributed by atoms with Crippen LogP contribution in [0.25, 0.3) is 0 Å². The van der Waals surface area contributed by atoms with Gasteiger partial charge in [-0.1, -0.05) is 11.3 Å². The first-order chi connectivity index (χ1) is 11.4. The van der Waals surface area contributed by atoms with E-state index in [9.17, 15) is 14.7 Å². The molecule has 0 saturated carbocycles. The van der Waals surface area contributed by atoms with Crippen LogP contribution in [-0.2, 0) is 11.1 Å². The number of thiophene rings is 1. The molecule has 0 aliphatic rings. The number of anilines is 1. The van der Waals surface area contributed by atoms with Gasteiger partial charge in [-0.15, -0.1) is 0 Å². The average Bonchev–Trinajstić information content (AvgIpc) is 2.94. The lowest BCUT2D eigenvalue weighted by Crippen LogP contribution is -2.02. The van der Waals surface area contributed by atoms with E-state index in [2.05, 4.69) is 9.84 Å². The Morgan fingerprint density at radius 2 is 2.08 bits per heavy atom. The molecule has 0 radical (unpaired) electrons. The Morgan fingerprint density at radius 3 is 2.67 bits per heavy atom. The quantitative estimate of drug-likeness (QED) is 0.411. The summed E-state index contributed by atoms with van der Waals surface area (Å²) in [5.41, 5.74) is 0.532. The van der Waals surface area contributed by atoms with Crippen molar-refractivity contribution in [2.45, 2.75) is 6.54 Å². The molecule has 24 heavy (non-hydrogen) atoms. The molecule has 0 bridgehead atoms. The zero-order valence-corrected chi connectivity index (χ0v) is 14.6. The van der Waals surface area contributed by atoms with Crippen molar-refractivity contribution in [3.8, 4) is 16.6 Å². The van der Waals surface area contributed by atoms with Crippen LogP contribution in [0.15, 0.2) is 24.3 Å². The first kappa shape index (κ1) is 18.1. The van der Waals surface area contributed by atoms with Gasteiger partial charge in [-0.05, 0) is 12.1 Å². The predicted octanol–water partition coefficient (Wildman–Crippen LogP) is 3.05. The van der Waals surface area contributed by atoms with Gasteiger partial charge in [-0.2, -0.15) is 0 Å². The van der Waals surface area contributed by atoms with E-state index < -0.39 is 13.2 Å². The van der Waals surface area contributed by atoms with Crippen LogP contribution in [0.1, 0.15) is 5.56 Å². The third-order valence-electron chi connectivity index (χ3n) is 3.01. The maximum absolute atomic E-state index is 11.1. The van der Waals surface area contributed by atoms with Crippen molar-refractivity contribution in [3.05, 3.63) is 39.9 Å². The highest BCUT2D eigenvalue weighted by atomic mass is 32.1. The first-order valence-electron chi connectivity index (χ1n) is 6.58. The fraction of sp³-hybridized carbons (Fsp3) is 0.231. The Morgan fingerprint density at radius 1 is 1.33 bits per heavy atom. The third kappa shape index (κ3) is 4.38. The zero-order valence-electron chi connectivity index (χ0n) is 12.8. The standard InChI is InChI=1S/C13H15N2O7PS/c1-20-9-4-3-8(11(5-9)21-2)7-14-13-10(15(16)17)6-12(24-13)22-23(18)19/h3-6,14,23H,7H2,1-2H3,(H,18,19). The lowest BCUT2D eigenvalue weighted by Gasteiger charge is -2.11. The number of nitrogens with one attached hydrogen (secondary N) is 1. The largest absolute Gasteiger partial charge is 0.497 e. The van der Waals surface area contributed by atoms with Crippen LogP contribution in [0.3, 0.4) is 0 Å². The molecule has 1 aromatic carbocycles. The van der Waals surface area contributed by atoms with Crippen molar-refractivity contribution in [3.63, 3.8) is 0 Å². The number of ether oxygens (including phenoxy) is 2. The van der Waals surface area contributed by atoms with Crippen LogP contribution >= 0.6 is 19.6 Å². The molecule has 1 aromatic heterocycles. The molecule has 130 valence electrons. The van der Waals surface area contributed by atoms with E-state index in [-0.39, 0.29) is 22.3 Å². The molecule has 0 saturated heterocycles. The van der Waals surface area contributed by atoms with Crippen LogP contribution < -0.4 is 19.3 Å². The minimum absolute atomic E-state index is 0.00251. The molecule has 2 N–H and O–H groups in total. The van der Waals surface area contributed by atoms with Crippen molar-refractivity contribution in [2.75, 3.05) is 19.5 Å². The number of hydrogen-bond donors (Lipinski definition) is 2. The monoisotopic (exact) mass is 374 g/mol. The number of hydrogen-bond acceptors (Lipinski definition) is 8.